The van der Waals surface area contributed by atoms with Crippen molar-refractivity contribution in [3.05, 3.63) is 107 Å². The van der Waals surface area contributed by atoms with Gasteiger partial charge in [-0.2, -0.15) is 0 Å². The number of benzene rings is 3. The average Bonchev–Trinajstić information content (AvgIpc) is 3.16. The predicted molar refractivity (Wildman–Crippen MR) is 128 cm³/mol. The fourth-order valence-electron chi connectivity index (χ4n) is 3.94. The summed E-state index contributed by atoms with van der Waals surface area (Å²) in [6, 6.07) is 23.3. The van der Waals surface area contributed by atoms with Crippen molar-refractivity contribution in [2.75, 3.05) is 4.90 Å². The van der Waals surface area contributed by atoms with Gasteiger partial charge in [-0.25, -0.2) is 9.69 Å². The molecule has 162 valence electrons. The summed E-state index contributed by atoms with van der Waals surface area (Å²) < 4.78 is 2.07. The highest BCUT2D eigenvalue weighted by Gasteiger charge is 2.37. The van der Waals surface area contributed by atoms with Gasteiger partial charge in [0.1, 0.15) is 5.57 Å². The number of halogens is 1. The monoisotopic (exact) mass is 455 g/mol. The highest BCUT2D eigenvalue weighted by Crippen LogP contribution is 2.27. The molecule has 5 rings (SSSR count). The van der Waals surface area contributed by atoms with Gasteiger partial charge in [-0.3, -0.25) is 14.9 Å². The van der Waals surface area contributed by atoms with Crippen LogP contribution in [0, 0.1) is 0 Å². The van der Waals surface area contributed by atoms with Crippen molar-refractivity contribution in [1.29, 1.82) is 0 Å². The van der Waals surface area contributed by atoms with Crippen LogP contribution in [0.3, 0.4) is 0 Å². The van der Waals surface area contributed by atoms with Crippen LogP contribution in [-0.2, 0) is 16.1 Å². The molecular weight excluding hydrogens is 438 g/mol. The smallest absolute Gasteiger partial charge is 0.335 e. The van der Waals surface area contributed by atoms with E-state index < -0.39 is 17.8 Å². The molecule has 6 nitrogen and oxygen atoms in total. The van der Waals surface area contributed by atoms with Gasteiger partial charge in [0.2, 0.25) is 0 Å². The minimum Gasteiger partial charge on any atom is -0.342 e. The van der Waals surface area contributed by atoms with Gasteiger partial charge < -0.3 is 4.57 Å². The van der Waals surface area contributed by atoms with Crippen LogP contribution in [0.2, 0.25) is 5.02 Å². The van der Waals surface area contributed by atoms with Gasteiger partial charge >= 0.3 is 6.03 Å². The Kier molecular flexibility index (Phi) is 5.28. The van der Waals surface area contributed by atoms with Crippen molar-refractivity contribution in [3.8, 4) is 0 Å². The number of hydrogen-bond donors (Lipinski definition) is 1. The number of imide groups is 2. The van der Waals surface area contributed by atoms with E-state index in [0.29, 0.717) is 22.8 Å². The van der Waals surface area contributed by atoms with E-state index >= 15 is 0 Å². The normalized spacial score (nSPS) is 15.4. The summed E-state index contributed by atoms with van der Waals surface area (Å²) in [6.07, 6.45) is 3.45. The van der Waals surface area contributed by atoms with Gasteiger partial charge in [-0.05, 0) is 42.0 Å². The van der Waals surface area contributed by atoms with Crippen molar-refractivity contribution in [2.24, 2.45) is 0 Å². The Morgan fingerprint density at radius 1 is 0.848 bits per heavy atom. The Morgan fingerprint density at radius 3 is 2.30 bits per heavy atom. The molecule has 0 saturated carbocycles. The minimum absolute atomic E-state index is 0.118. The standard InChI is InChI=1S/C26H18ClN3O3/c27-19-10-12-20(13-11-19)30-25(32)22(24(31)28-26(30)33)14-18-16-29(15-17-6-2-1-3-7-17)23-9-5-4-8-21(18)23/h1-14,16H,15H2,(H,28,31,33). The first kappa shape index (κ1) is 20.7. The maximum absolute atomic E-state index is 13.2. The molecular formula is C26H18ClN3O3. The lowest BCUT2D eigenvalue weighted by Crippen LogP contribution is -2.54. The van der Waals surface area contributed by atoms with Gasteiger partial charge in [-0.1, -0.05) is 60.1 Å². The second kappa shape index (κ2) is 8.41. The fraction of sp³-hybridized carbons (Fsp3) is 0.0385. The van der Waals surface area contributed by atoms with Gasteiger partial charge in [0.05, 0.1) is 5.69 Å². The third-order valence-electron chi connectivity index (χ3n) is 5.50. The van der Waals surface area contributed by atoms with E-state index in [0.717, 1.165) is 21.4 Å². The lowest BCUT2D eigenvalue weighted by atomic mass is 10.1. The van der Waals surface area contributed by atoms with Crippen LogP contribution in [0.25, 0.3) is 17.0 Å². The highest BCUT2D eigenvalue weighted by molar-refractivity contribution is 6.39. The Bertz CT molecular complexity index is 1420. The molecule has 1 aliphatic heterocycles. The fourth-order valence-corrected chi connectivity index (χ4v) is 4.06. The summed E-state index contributed by atoms with van der Waals surface area (Å²) in [5.41, 5.74) is 3.02. The minimum atomic E-state index is -0.795. The van der Waals surface area contributed by atoms with Crippen molar-refractivity contribution >= 4 is 52.1 Å². The summed E-state index contributed by atoms with van der Waals surface area (Å²) in [4.78, 5) is 39.2. The third-order valence-corrected chi connectivity index (χ3v) is 5.75. The van der Waals surface area contributed by atoms with Crippen LogP contribution in [0.4, 0.5) is 10.5 Å². The van der Waals surface area contributed by atoms with Crippen LogP contribution in [0.1, 0.15) is 11.1 Å². The maximum Gasteiger partial charge on any atom is 0.335 e. The quantitative estimate of drug-likeness (QED) is 0.347. The number of carbonyl (C=O) groups excluding carboxylic acids is 3. The maximum atomic E-state index is 13.2. The number of anilines is 1. The molecule has 3 aromatic carbocycles. The molecule has 1 aliphatic rings. The molecule has 4 aromatic rings. The average molecular weight is 456 g/mol. The number of nitrogens with one attached hydrogen (secondary N) is 1. The summed E-state index contributed by atoms with van der Waals surface area (Å²) >= 11 is 5.93. The first-order chi connectivity index (χ1) is 16.0. The number of fused-ring (bicyclic) bond motifs is 1. The van der Waals surface area contributed by atoms with E-state index in [1.54, 1.807) is 24.3 Å². The lowest BCUT2D eigenvalue weighted by molar-refractivity contribution is -0.122. The largest absolute Gasteiger partial charge is 0.342 e. The molecule has 7 heteroatoms. The molecule has 0 aliphatic carbocycles. The van der Waals surface area contributed by atoms with E-state index in [-0.39, 0.29) is 5.57 Å². The van der Waals surface area contributed by atoms with Gasteiger partial charge in [0.15, 0.2) is 0 Å². The molecule has 4 amide bonds. The number of nitrogens with zero attached hydrogens (tertiary/aromatic N) is 2. The van der Waals surface area contributed by atoms with Crippen LogP contribution in [0.15, 0.2) is 90.6 Å². The van der Waals surface area contributed by atoms with E-state index in [1.807, 2.05) is 60.8 Å². The Balaban J connectivity index is 1.57. The zero-order chi connectivity index (χ0) is 22.9. The molecule has 1 N–H and O–H groups in total. The number of rotatable bonds is 4. The molecule has 1 fully saturated rings. The highest BCUT2D eigenvalue weighted by atomic mass is 35.5. The third kappa shape index (κ3) is 3.92. The first-order valence-electron chi connectivity index (χ1n) is 10.3. The first-order valence-corrected chi connectivity index (χ1v) is 10.7. The van der Waals surface area contributed by atoms with Crippen molar-refractivity contribution < 1.29 is 14.4 Å². The number of hydrogen-bond acceptors (Lipinski definition) is 3. The van der Waals surface area contributed by atoms with Crippen molar-refractivity contribution in [3.63, 3.8) is 0 Å². The number of amides is 4. The van der Waals surface area contributed by atoms with Crippen LogP contribution < -0.4 is 10.2 Å². The Morgan fingerprint density at radius 2 is 1.55 bits per heavy atom. The molecule has 0 unspecified atom stereocenters. The SMILES string of the molecule is O=C1NC(=O)N(c2ccc(Cl)cc2)C(=O)C1=Cc1cn(Cc2ccccc2)c2ccccc12. The van der Waals surface area contributed by atoms with E-state index in [2.05, 4.69) is 9.88 Å². The molecule has 0 bridgehead atoms. The van der Waals surface area contributed by atoms with Gasteiger partial charge in [0, 0.05) is 34.2 Å². The lowest BCUT2D eigenvalue weighted by Gasteiger charge is -2.26. The van der Waals surface area contributed by atoms with E-state index in [9.17, 15) is 14.4 Å². The number of aromatic nitrogens is 1. The molecule has 2 heterocycles. The molecule has 0 spiro atoms. The predicted octanol–water partition coefficient (Wildman–Crippen LogP) is 5.01. The number of carbonyl (C=O) groups is 3. The molecule has 1 saturated heterocycles. The zero-order valence-electron chi connectivity index (χ0n) is 17.4. The van der Waals surface area contributed by atoms with E-state index in [1.165, 1.54) is 6.08 Å². The van der Waals surface area contributed by atoms with Gasteiger partial charge in [-0.15, -0.1) is 0 Å². The molecule has 1 aromatic heterocycles. The zero-order valence-corrected chi connectivity index (χ0v) is 18.1. The molecule has 0 atom stereocenters. The Hall–Kier alpha value is -4.16. The van der Waals surface area contributed by atoms with Crippen molar-refractivity contribution in [1.82, 2.24) is 9.88 Å². The van der Waals surface area contributed by atoms with Crippen LogP contribution in [-0.4, -0.2) is 22.4 Å². The second-order valence-corrected chi connectivity index (χ2v) is 8.09. The van der Waals surface area contributed by atoms with Crippen molar-refractivity contribution in [2.45, 2.75) is 6.54 Å². The molecule has 0 radical (unpaired) electrons. The summed E-state index contributed by atoms with van der Waals surface area (Å²) in [5.74, 6) is -1.42. The summed E-state index contributed by atoms with van der Waals surface area (Å²) in [5, 5.41) is 3.63. The number of barbiturate groups is 1. The Labute approximate surface area is 194 Å². The van der Waals surface area contributed by atoms with E-state index in [4.69, 9.17) is 11.6 Å². The van der Waals surface area contributed by atoms with Crippen LogP contribution in [0.5, 0.6) is 0 Å². The summed E-state index contributed by atoms with van der Waals surface area (Å²) in [6.45, 7) is 0.639. The molecule has 33 heavy (non-hydrogen) atoms. The number of para-hydroxylation sites is 1. The van der Waals surface area contributed by atoms with Crippen LogP contribution >= 0.6 is 11.6 Å². The number of urea groups is 1. The topological polar surface area (TPSA) is 71.4 Å². The second-order valence-electron chi connectivity index (χ2n) is 7.65. The summed E-state index contributed by atoms with van der Waals surface area (Å²) in [7, 11) is 0. The van der Waals surface area contributed by atoms with Gasteiger partial charge in [0.25, 0.3) is 11.8 Å².